The zero-order chi connectivity index (χ0) is 21.4. The van der Waals surface area contributed by atoms with Crippen LogP contribution in [0, 0.1) is 0 Å². The Kier molecular flexibility index (Phi) is 8.57. The van der Waals surface area contributed by atoms with Crippen LogP contribution in [0.5, 0.6) is 11.5 Å². The standard InChI is InChI=1S/C24H39N3O2/c1-7-8-9-15-29-23-18-12-13-21(24(3,4)5)27-22(18)19(16-20(23)28-6)26-17(2)11-10-14-25/h12-13,16-17,26H,7-11,14-15,25H2,1-6H3. The van der Waals surface area contributed by atoms with E-state index in [-0.39, 0.29) is 5.41 Å². The molecule has 0 saturated carbocycles. The SMILES string of the molecule is CCCCCOc1c(OC)cc(NC(C)CCCN)c2nc(C(C)(C)C)ccc12. The molecule has 1 heterocycles. The second-order valence-electron chi connectivity index (χ2n) is 8.83. The molecule has 29 heavy (non-hydrogen) atoms. The zero-order valence-corrected chi connectivity index (χ0v) is 19.1. The molecule has 0 aliphatic carbocycles. The van der Waals surface area contributed by atoms with Gasteiger partial charge in [0.2, 0.25) is 0 Å². The van der Waals surface area contributed by atoms with Crippen molar-refractivity contribution in [2.24, 2.45) is 5.73 Å². The number of unbranched alkanes of at least 4 members (excludes halogenated alkanes) is 2. The van der Waals surface area contributed by atoms with Crippen molar-refractivity contribution < 1.29 is 9.47 Å². The number of hydrogen-bond acceptors (Lipinski definition) is 5. The number of nitrogens with two attached hydrogens (primary N) is 1. The smallest absolute Gasteiger partial charge is 0.170 e. The van der Waals surface area contributed by atoms with Gasteiger partial charge in [0.15, 0.2) is 11.5 Å². The zero-order valence-electron chi connectivity index (χ0n) is 19.1. The summed E-state index contributed by atoms with van der Waals surface area (Å²) >= 11 is 0. The summed E-state index contributed by atoms with van der Waals surface area (Å²) in [4.78, 5) is 5.04. The normalized spacial score (nSPS) is 12.8. The van der Waals surface area contributed by atoms with Gasteiger partial charge >= 0.3 is 0 Å². The molecule has 162 valence electrons. The van der Waals surface area contributed by atoms with E-state index in [0.29, 0.717) is 19.2 Å². The van der Waals surface area contributed by atoms with Crippen molar-refractivity contribution in [3.05, 3.63) is 23.9 Å². The Hall–Kier alpha value is -2.01. The highest BCUT2D eigenvalue weighted by Gasteiger charge is 2.21. The highest BCUT2D eigenvalue weighted by molar-refractivity contribution is 5.97. The summed E-state index contributed by atoms with van der Waals surface area (Å²) in [6.07, 6.45) is 5.36. The van der Waals surface area contributed by atoms with E-state index in [1.807, 2.05) is 6.07 Å². The number of benzene rings is 1. The van der Waals surface area contributed by atoms with Crippen molar-refractivity contribution in [1.29, 1.82) is 0 Å². The van der Waals surface area contributed by atoms with Crippen molar-refractivity contribution in [2.45, 2.75) is 78.2 Å². The third kappa shape index (κ3) is 6.23. The van der Waals surface area contributed by atoms with Crippen molar-refractivity contribution >= 4 is 16.6 Å². The third-order valence-electron chi connectivity index (χ3n) is 5.12. The van der Waals surface area contributed by atoms with Gasteiger partial charge in [0.05, 0.1) is 24.9 Å². The van der Waals surface area contributed by atoms with Crippen LogP contribution in [-0.4, -0.2) is 31.3 Å². The molecule has 5 heteroatoms. The van der Waals surface area contributed by atoms with E-state index in [9.17, 15) is 0 Å². The number of ether oxygens (including phenoxy) is 2. The summed E-state index contributed by atoms with van der Waals surface area (Å²) < 4.78 is 11.9. The number of rotatable bonds is 11. The topological polar surface area (TPSA) is 69.4 Å². The molecule has 5 nitrogen and oxygen atoms in total. The molecule has 0 spiro atoms. The van der Waals surface area contributed by atoms with Gasteiger partial charge in [0.25, 0.3) is 0 Å². The van der Waals surface area contributed by atoms with Gasteiger partial charge in [-0.1, -0.05) is 40.5 Å². The molecule has 1 atom stereocenters. The average Bonchev–Trinajstić information content (AvgIpc) is 2.69. The van der Waals surface area contributed by atoms with E-state index in [4.69, 9.17) is 20.2 Å². The van der Waals surface area contributed by atoms with Gasteiger partial charge in [0, 0.05) is 28.6 Å². The molecule has 1 unspecified atom stereocenters. The molecule has 1 aromatic heterocycles. The summed E-state index contributed by atoms with van der Waals surface area (Å²) in [5.41, 5.74) is 8.63. The summed E-state index contributed by atoms with van der Waals surface area (Å²) in [5.74, 6) is 1.53. The number of anilines is 1. The van der Waals surface area contributed by atoms with E-state index in [2.05, 4.69) is 52.1 Å². The Morgan fingerprint density at radius 2 is 1.93 bits per heavy atom. The number of pyridine rings is 1. The molecule has 1 aromatic carbocycles. The predicted octanol–water partition coefficient (Wildman–Crippen LogP) is 5.65. The maximum atomic E-state index is 6.18. The first-order valence-electron chi connectivity index (χ1n) is 10.9. The number of nitrogens with zero attached hydrogens (tertiary/aromatic N) is 1. The van der Waals surface area contributed by atoms with Gasteiger partial charge in [-0.05, 0) is 44.9 Å². The van der Waals surface area contributed by atoms with Gasteiger partial charge in [-0.3, -0.25) is 0 Å². The number of hydrogen-bond donors (Lipinski definition) is 2. The van der Waals surface area contributed by atoms with Gasteiger partial charge in [-0.25, -0.2) is 4.98 Å². The van der Waals surface area contributed by atoms with Crippen molar-refractivity contribution in [1.82, 2.24) is 4.98 Å². The maximum absolute atomic E-state index is 6.18. The Morgan fingerprint density at radius 3 is 2.55 bits per heavy atom. The lowest BCUT2D eigenvalue weighted by Crippen LogP contribution is -2.18. The Balaban J connectivity index is 2.52. The van der Waals surface area contributed by atoms with Gasteiger partial charge < -0.3 is 20.5 Å². The molecule has 2 rings (SSSR count). The van der Waals surface area contributed by atoms with Crippen LogP contribution in [0.3, 0.4) is 0 Å². The van der Waals surface area contributed by atoms with Gasteiger partial charge in [-0.15, -0.1) is 0 Å². The summed E-state index contributed by atoms with van der Waals surface area (Å²) in [7, 11) is 1.69. The molecule has 0 fully saturated rings. The Labute approximate surface area is 176 Å². The highest BCUT2D eigenvalue weighted by atomic mass is 16.5. The van der Waals surface area contributed by atoms with Crippen molar-refractivity contribution in [2.75, 3.05) is 25.6 Å². The first kappa shape index (κ1) is 23.3. The largest absolute Gasteiger partial charge is 0.493 e. The van der Waals surface area contributed by atoms with E-state index < -0.39 is 0 Å². The van der Waals surface area contributed by atoms with Crippen LogP contribution in [0.4, 0.5) is 5.69 Å². The third-order valence-corrected chi connectivity index (χ3v) is 5.12. The first-order chi connectivity index (χ1) is 13.8. The highest BCUT2D eigenvalue weighted by Crippen LogP contribution is 2.41. The number of nitrogens with one attached hydrogen (secondary N) is 1. The molecule has 0 bridgehead atoms. The molecule has 0 radical (unpaired) electrons. The lowest BCUT2D eigenvalue weighted by Gasteiger charge is -2.23. The predicted molar refractivity (Wildman–Crippen MR) is 123 cm³/mol. The molecule has 0 amide bonds. The molecular formula is C24H39N3O2. The fourth-order valence-electron chi connectivity index (χ4n) is 3.36. The van der Waals surface area contributed by atoms with Gasteiger partial charge in [0.1, 0.15) is 0 Å². The van der Waals surface area contributed by atoms with Crippen LogP contribution in [0.1, 0.15) is 72.4 Å². The van der Waals surface area contributed by atoms with E-state index >= 15 is 0 Å². The average molecular weight is 402 g/mol. The van der Waals surface area contributed by atoms with E-state index in [1.54, 1.807) is 7.11 Å². The minimum absolute atomic E-state index is 0.0291. The summed E-state index contributed by atoms with van der Waals surface area (Å²) in [6.45, 7) is 12.3. The number of aromatic nitrogens is 1. The number of methoxy groups -OCH3 is 1. The van der Waals surface area contributed by atoms with Crippen LogP contribution < -0.4 is 20.5 Å². The molecule has 0 aliphatic heterocycles. The lowest BCUT2D eigenvalue weighted by atomic mass is 9.91. The Morgan fingerprint density at radius 1 is 1.17 bits per heavy atom. The Bertz CT molecular complexity index is 784. The monoisotopic (exact) mass is 401 g/mol. The minimum atomic E-state index is -0.0291. The summed E-state index contributed by atoms with van der Waals surface area (Å²) in [6, 6.07) is 6.54. The second-order valence-corrected chi connectivity index (χ2v) is 8.83. The molecule has 0 aliphatic rings. The van der Waals surface area contributed by atoms with E-state index in [0.717, 1.165) is 59.5 Å². The molecule has 3 N–H and O–H groups in total. The maximum Gasteiger partial charge on any atom is 0.170 e. The molecule has 0 saturated heterocycles. The van der Waals surface area contributed by atoms with Crippen molar-refractivity contribution in [3.63, 3.8) is 0 Å². The van der Waals surface area contributed by atoms with Gasteiger partial charge in [-0.2, -0.15) is 0 Å². The van der Waals surface area contributed by atoms with E-state index in [1.165, 1.54) is 6.42 Å². The lowest BCUT2D eigenvalue weighted by molar-refractivity contribution is 0.289. The first-order valence-corrected chi connectivity index (χ1v) is 10.9. The van der Waals surface area contributed by atoms with Crippen molar-refractivity contribution in [3.8, 4) is 11.5 Å². The van der Waals surface area contributed by atoms with Crippen LogP contribution in [0.2, 0.25) is 0 Å². The fraction of sp³-hybridized carbons (Fsp3) is 0.625. The van der Waals surface area contributed by atoms with Crippen LogP contribution in [-0.2, 0) is 5.41 Å². The summed E-state index contributed by atoms with van der Waals surface area (Å²) in [5, 5.41) is 4.61. The second kappa shape index (κ2) is 10.7. The van der Waals surface area contributed by atoms with Crippen LogP contribution in [0.25, 0.3) is 10.9 Å². The minimum Gasteiger partial charge on any atom is -0.493 e. The van der Waals surface area contributed by atoms with Crippen LogP contribution in [0.15, 0.2) is 18.2 Å². The number of fused-ring (bicyclic) bond motifs is 1. The molecule has 2 aromatic rings. The molecular weight excluding hydrogens is 362 g/mol. The quantitative estimate of drug-likeness (QED) is 0.476. The fourth-order valence-corrected chi connectivity index (χ4v) is 3.36. The van der Waals surface area contributed by atoms with Crippen LogP contribution >= 0.6 is 0 Å².